The number of pyridine rings is 1. The zero-order valence-corrected chi connectivity index (χ0v) is 17.5. The summed E-state index contributed by atoms with van der Waals surface area (Å²) in [6.07, 6.45) is 3.07. The second-order valence-corrected chi connectivity index (χ2v) is 7.03. The van der Waals surface area contributed by atoms with Gasteiger partial charge in [0.05, 0.1) is 18.7 Å². The molecule has 0 saturated carbocycles. The molecule has 1 saturated heterocycles. The van der Waals surface area contributed by atoms with Crippen LogP contribution in [0.4, 0.5) is 0 Å². The summed E-state index contributed by atoms with van der Waals surface area (Å²) in [6.45, 7) is 6.84. The fourth-order valence-electron chi connectivity index (χ4n) is 3.70. The van der Waals surface area contributed by atoms with Crippen LogP contribution in [0.15, 0.2) is 54.4 Å². The number of aliphatic hydroxyl groups is 1. The van der Waals surface area contributed by atoms with Crippen molar-refractivity contribution in [3.8, 4) is 5.75 Å². The van der Waals surface area contributed by atoms with E-state index in [4.69, 9.17) is 4.74 Å². The number of Topliss-reactive ketones (excluding diaryl/α,β-unsaturated/α-hetero) is 1. The molecule has 0 aliphatic carbocycles. The molecule has 7 heteroatoms. The lowest BCUT2D eigenvalue weighted by Gasteiger charge is -2.28. The number of ether oxygens (including phenoxy) is 1. The lowest BCUT2D eigenvalue weighted by Crippen LogP contribution is -2.38. The third-order valence-corrected chi connectivity index (χ3v) is 5.48. The van der Waals surface area contributed by atoms with Gasteiger partial charge in [-0.25, -0.2) is 0 Å². The van der Waals surface area contributed by atoms with Crippen LogP contribution in [0.1, 0.15) is 31.0 Å². The lowest BCUT2D eigenvalue weighted by molar-refractivity contribution is -0.140. The SMILES string of the molecule is CCN(CC)CCN1C(=O)C(=O)/C(=C(\O)c2ccncc2)C1c1ccc(OC)cc1. The molecule has 7 nitrogen and oxygen atoms in total. The Kier molecular flexibility index (Phi) is 6.84. The highest BCUT2D eigenvalue weighted by atomic mass is 16.5. The quantitative estimate of drug-likeness (QED) is 0.410. The molecular weight excluding hydrogens is 382 g/mol. The summed E-state index contributed by atoms with van der Waals surface area (Å²) in [5, 5.41) is 10.9. The molecule has 3 rings (SSSR count). The first-order chi connectivity index (χ1) is 14.5. The van der Waals surface area contributed by atoms with Crippen LogP contribution in [0, 0.1) is 0 Å². The van der Waals surface area contributed by atoms with Gasteiger partial charge in [0.15, 0.2) is 0 Å². The van der Waals surface area contributed by atoms with Gasteiger partial charge in [-0.05, 0) is 42.9 Å². The third-order valence-electron chi connectivity index (χ3n) is 5.48. The van der Waals surface area contributed by atoms with Crippen molar-refractivity contribution in [1.82, 2.24) is 14.8 Å². The predicted molar refractivity (Wildman–Crippen MR) is 114 cm³/mol. The Morgan fingerprint density at radius 1 is 1.10 bits per heavy atom. The molecule has 1 aromatic heterocycles. The van der Waals surface area contributed by atoms with Crippen LogP contribution >= 0.6 is 0 Å². The summed E-state index contributed by atoms with van der Waals surface area (Å²) >= 11 is 0. The first kappa shape index (κ1) is 21.5. The Hall–Kier alpha value is -3.19. The molecule has 1 atom stereocenters. The number of ketones is 1. The normalized spacial score (nSPS) is 18.3. The van der Waals surface area contributed by atoms with Gasteiger partial charge in [-0.2, -0.15) is 0 Å². The highest BCUT2D eigenvalue weighted by Gasteiger charge is 2.45. The van der Waals surface area contributed by atoms with Crippen molar-refractivity contribution in [3.63, 3.8) is 0 Å². The van der Waals surface area contributed by atoms with E-state index in [0.29, 0.717) is 24.4 Å². The summed E-state index contributed by atoms with van der Waals surface area (Å²) in [5.74, 6) is -0.793. The largest absolute Gasteiger partial charge is 0.507 e. The average Bonchev–Trinajstić information content (AvgIpc) is 3.04. The van der Waals surface area contributed by atoms with E-state index in [2.05, 4.69) is 23.7 Å². The van der Waals surface area contributed by atoms with E-state index in [1.807, 2.05) is 12.1 Å². The molecule has 1 amide bonds. The van der Waals surface area contributed by atoms with Crippen molar-refractivity contribution in [2.45, 2.75) is 19.9 Å². The molecule has 2 heterocycles. The van der Waals surface area contributed by atoms with Crippen molar-refractivity contribution in [2.24, 2.45) is 0 Å². The smallest absolute Gasteiger partial charge is 0.295 e. The highest BCUT2D eigenvalue weighted by molar-refractivity contribution is 6.46. The van der Waals surface area contributed by atoms with Crippen molar-refractivity contribution >= 4 is 17.4 Å². The summed E-state index contributed by atoms with van der Waals surface area (Å²) in [4.78, 5) is 33.6. The Morgan fingerprint density at radius 3 is 2.30 bits per heavy atom. The number of nitrogens with zero attached hydrogens (tertiary/aromatic N) is 3. The lowest BCUT2D eigenvalue weighted by atomic mass is 9.95. The fraction of sp³-hybridized carbons (Fsp3) is 0.348. The topological polar surface area (TPSA) is 83.0 Å². The van der Waals surface area contributed by atoms with Gasteiger partial charge in [0.2, 0.25) is 0 Å². The van der Waals surface area contributed by atoms with Gasteiger partial charge in [-0.1, -0.05) is 26.0 Å². The molecule has 2 aromatic rings. The van der Waals surface area contributed by atoms with Gasteiger partial charge < -0.3 is 19.6 Å². The van der Waals surface area contributed by atoms with E-state index >= 15 is 0 Å². The molecule has 1 unspecified atom stereocenters. The first-order valence-corrected chi connectivity index (χ1v) is 10.1. The zero-order valence-electron chi connectivity index (χ0n) is 17.5. The zero-order chi connectivity index (χ0) is 21.7. The van der Waals surface area contributed by atoms with Crippen LogP contribution in [0.5, 0.6) is 5.75 Å². The van der Waals surface area contributed by atoms with Crippen LogP contribution in [-0.4, -0.2) is 64.9 Å². The van der Waals surface area contributed by atoms with Gasteiger partial charge >= 0.3 is 0 Å². The molecule has 0 bridgehead atoms. The van der Waals surface area contributed by atoms with Crippen LogP contribution in [0.3, 0.4) is 0 Å². The van der Waals surface area contributed by atoms with Crippen LogP contribution < -0.4 is 4.74 Å². The second kappa shape index (κ2) is 9.54. The van der Waals surface area contributed by atoms with E-state index in [1.54, 1.807) is 36.3 Å². The Labute approximate surface area is 176 Å². The molecule has 1 aliphatic heterocycles. The van der Waals surface area contributed by atoms with E-state index in [1.165, 1.54) is 12.4 Å². The number of likely N-dealkylation sites (N-methyl/N-ethyl adjacent to an activating group) is 1. The van der Waals surface area contributed by atoms with E-state index in [-0.39, 0.29) is 11.3 Å². The van der Waals surface area contributed by atoms with Gasteiger partial charge in [0.1, 0.15) is 11.5 Å². The average molecular weight is 409 g/mol. The molecule has 30 heavy (non-hydrogen) atoms. The van der Waals surface area contributed by atoms with Crippen molar-refractivity contribution in [2.75, 3.05) is 33.3 Å². The van der Waals surface area contributed by atoms with E-state index < -0.39 is 17.7 Å². The minimum absolute atomic E-state index is 0.0934. The Balaban J connectivity index is 2.07. The van der Waals surface area contributed by atoms with Crippen LogP contribution in [-0.2, 0) is 9.59 Å². The Morgan fingerprint density at radius 2 is 1.73 bits per heavy atom. The number of hydrogen-bond donors (Lipinski definition) is 1. The van der Waals surface area contributed by atoms with Gasteiger partial charge in [0, 0.05) is 31.0 Å². The molecule has 0 spiro atoms. The number of benzene rings is 1. The summed E-state index contributed by atoms with van der Waals surface area (Å²) < 4.78 is 5.23. The number of aliphatic hydroxyl groups excluding tert-OH is 1. The number of carbonyl (C=O) groups excluding carboxylic acids is 2. The maximum Gasteiger partial charge on any atom is 0.295 e. The number of hydrogen-bond acceptors (Lipinski definition) is 6. The van der Waals surface area contributed by atoms with Crippen molar-refractivity contribution in [1.29, 1.82) is 0 Å². The fourth-order valence-corrected chi connectivity index (χ4v) is 3.70. The summed E-state index contributed by atoms with van der Waals surface area (Å²) in [7, 11) is 1.58. The first-order valence-electron chi connectivity index (χ1n) is 10.1. The number of likely N-dealkylation sites (tertiary alicyclic amines) is 1. The standard InChI is InChI=1S/C23H27N3O4/c1-4-25(5-2)14-15-26-20(16-6-8-18(30-3)9-7-16)19(22(28)23(26)29)21(27)17-10-12-24-13-11-17/h6-13,20,27H,4-5,14-15H2,1-3H3/b21-19-. The van der Waals surface area contributed by atoms with E-state index in [0.717, 1.165) is 18.7 Å². The number of amides is 1. The summed E-state index contributed by atoms with van der Waals surface area (Å²) in [6, 6.07) is 9.77. The minimum atomic E-state index is -0.676. The third kappa shape index (κ3) is 4.21. The predicted octanol–water partition coefficient (Wildman–Crippen LogP) is 2.85. The number of aromatic nitrogens is 1. The molecule has 158 valence electrons. The van der Waals surface area contributed by atoms with Gasteiger partial charge in [-0.15, -0.1) is 0 Å². The Bertz CT molecular complexity index is 921. The molecule has 0 radical (unpaired) electrons. The highest BCUT2D eigenvalue weighted by Crippen LogP contribution is 2.39. The van der Waals surface area contributed by atoms with Crippen molar-refractivity contribution in [3.05, 3.63) is 65.5 Å². The monoisotopic (exact) mass is 409 g/mol. The van der Waals surface area contributed by atoms with E-state index in [9.17, 15) is 14.7 Å². The second-order valence-electron chi connectivity index (χ2n) is 7.03. The molecule has 1 aromatic carbocycles. The maximum absolute atomic E-state index is 13.0. The van der Waals surface area contributed by atoms with Crippen LogP contribution in [0.25, 0.3) is 5.76 Å². The minimum Gasteiger partial charge on any atom is -0.507 e. The molecular formula is C23H27N3O4. The molecule has 1 fully saturated rings. The van der Waals surface area contributed by atoms with Crippen molar-refractivity contribution < 1.29 is 19.4 Å². The summed E-state index contributed by atoms with van der Waals surface area (Å²) in [5.41, 5.74) is 1.28. The molecule has 1 N–H and O–H groups in total. The number of rotatable bonds is 8. The van der Waals surface area contributed by atoms with Gasteiger partial charge in [-0.3, -0.25) is 14.6 Å². The number of carbonyl (C=O) groups is 2. The maximum atomic E-state index is 13.0. The van der Waals surface area contributed by atoms with Gasteiger partial charge in [0.25, 0.3) is 11.7 Å². The number of methoxy groups -OCH3 is 1. The molecule has 1 aliphatic rings. The van der Waals surface area contributed by atoms with Crippen LogP contribution in [0.2, 0.25) is 0 Å².